The second kappa shape index (κ2) is 8.64. The molecule has 2 N–H and O–H groups in total. The summed E-state index contributed by atoms with van der Waals surface area (Å²) in [5.74, 6) is 0.140. The van der Waals surface area contributed by atoms with E-state index in [1.807, 2.05) is 36.4 Å². The van der Waals surface area contributed by atoms with Gasteiger partial charge in [-0.2, -0.15) is 5.10 Å². The van der Waals surface area contributed by atoms with Crippen molar-refractivity contribution in [2.45, 2.75) is 10.8 Å². The molecule has 0 spiro atoms. The summed E-state index contributed by atoms with van der Waals surface area (Å²) in [4.78, 5) is 16.4. The van der Waals surface area contributed by atoms with Crippen LogP contribution in [0.15, 0.2) is 64.6 Å². The number of phenols is 1. The van der Waals surface area contributed by atoms with Gasteiger partial charge in [-0.05, 0) is 30.2 Å². The Morgan fingerprint density at radius 2 is 2.15 bits per heavy atom. The first kappa shape index (κ1) is 18.2. The zero-order chi connectivity index (χ0) is 18.4. The number of thiazole rings is 1. The first-order valence-electron chi connectivity index (χ1n) is 7.89. The normalized spacial score (nSPS) is 11.1. The fraction of sp³-hybridized carbons (Fsp3) is 0.105. The molecular weight excluding hydrogens is 366 g/mol. The highest BCUT2D eigenvalue weighted by Gasteiger charge is 2.07. The Morgan fingerprint density at radius 1 is 1.31 bits per heavy atom. The molecule has 5 nitrogen and oxygen atoms in total. The van der Waals surface area contributed by atoms with E-state index in [0.29, 0.717) is 12.0 Å². The van der Waals surface area contributed by atoms with Crippen LogP contribution in [0.4, 0.5) is 0 Å². The molecule has 0 atom stereocenters. The van der Waals surface area contributed by atoms with Crippen LogP contribution < -0.4 is 5.43 Å². The minimum Gasteiger partial charge on any atom is -0.507 e. The van der Waals surface area contributed by atoms with E-state index in [9.17, 15) is 9.90 Å². The molecule has 7 heteroatoms. The van der Waals surface area contributed by atoms with Gasteiger partial charge < -0.3 is 5.11 Å². The molecule has 0 aliphatic rings. The molecular formula is C19H17N3O2S2. The van der Waals surface area contributed by atoms with Crippen molar-refractivity contribution >= 4 is 45.4 Å². The summed E-state index contributed by atoms with van der Waals surface area (Å²) in [5.41, 5.74) is 4.72. The molecule has 1 heterocycles. The molecule has 0 aliphatic carbocycles. The van der Waals surface area contributed by atoms with Crippen molar-refractivity contribution in [3.63, 3.8) is 0 Å². The molecule has 0 aliphatic heterocycles. The zero-order valence-corrected chi connectivity index (χ0v) is 15.5. The van der Waals surface area contributed by atoms with Crippen molar-refractivity contribution in [3.8, 4) is 5.75 Å². The number of aromatic nitrogens is 1. The highest BCUT2D eigenvalue weighted by Crippen LogP contribution is 2.29. The number of amides is 1. The maximum absolute atomic E-state index is 11.9. The van der Waals surface area contributed by atoms with Crippen LogP contribution in [0.2, 0.25) is 0 Å². The standard InChI is InChI=1S/C19H17N3O2S2/c1-2-6-13-7-5-8-14(18(13)24)11-20-22-17(23)12-25-19-21-15-9-3-4-10-16(15)26-19/h2-5,7-11,24H,1,6,12H2,(H,22,23). The fourth-order valence-electron chi connectivity index (χ4n) is 2.28. The number of phenolic OH excluding ortho intramolecular Hbond substituents is 1. The lowest BCUT2D eigenvalue weighted by Gasteiger charge is -2.04. The minimum atomic E-state index is -0.229. The van der Waals surface area contributed by atoms with E-state index < -0.39 is 0 Å². The van der Waals surface area contributed by atoms with E-state index >= 15 is 0 Å². The van der Waals surface area contributed by atoms with Crippen LogP contribution in [0.1, 0.15) is 11.1 Å². The van der Waals surface area contributed by atoms with Gasteiger partial charge in [0.1, 0.15) is 5.75 Å². The number of hydrogen-bond donors (Lipinski definition) is 2. The Bertz CT molecular complexity index is 933. The molecule has 0 radical (unpaired) electrons. The molecule has 0 saturated heterocycles. The molecule has 2 aromatic carbocycles. The quantitative estimate of drug-likeness (QED) is 0.280. The molecule has 3 rings (SSSR count). The Hall–Kier alpha value is -2.64. The molecule has 0 bridgehead atoms. The number of carbonyl (C=O) groups excluding carboxylic acids is 1. The van der Waals surface area contributed by atoms with E-state index in [4.69, 9.17) is 0 Å². The van der Waals surface area contributed by atoms with Crippen molar-refractivity contribution in [2.75, 3.05) is 5.75 Å². The predicted molar refractivity (Wildman–Crippen MR) is 108 cm³/mol. The lowest BCUT2D eigenvalue weighted by atomic mass is 10.1. The molecule has 3 aromatic rings. The SMILES string of the molecule is C=CCc1cccc(C=NNC(=O)CSc2nc3ccccc3s2)c1O. The van der Waals surface area contributed by atoms with Crippen molar-refractivity contribution in [2.24, 2.45) is 5.10 Å². The Balaban J connectivity index is 1.54. The highest BCUT2D eigenvalue weighted by atomic mass is 32.2. The molecule has 1 amide bonds. The smallest absolute Gasteiger partial charge is 0.250 e. The zero-order valence-electron chi connectivity index (χ0n) is 13.9. The van der Waals surface area contributed by atoms with Crippen LogP contribution in [0.3, 0.4) is 0 Å². The van der Waals surface area contributed by atoms with Crippen LogP contribution in [-0.4, -0.2) is 28.0 Å². The van der Waals surface area contributed by atoms with Gasteiger partial charge in [-0.15, -0.1) is 17.9 Å². The van der Waals surface area contributed by atoms with Gasteiger partial charge in [0.25, 0.3) is 5.91 Å². The molecule has 0 unspecified atom stereocenters. The molecule has 0 saturated carbocycles. The Labute approximate surface area is 159 Å². The van der Waals surface area contributed by atoms with Gasteiger partial charge in [0.15, 0.2) is 4.34 Å². The third-order valence-corrected chi connectivity index (χ3v) is 5.69. The number of nitrogens with zero attached hydrogens (tertiary/aromatic N) is 2. The number of hydrazone groups is 1. The number of nitrogens with one attached hydrogen (secondary N) is 1. The van der Waals surface area contributed by atoms with Gasteiger partial charge in [0.05, 0.1) is 22.2 Å². The largest absolute Gasteiger partial charge is 0.507 e. The van der Waals surface area contributed by atoms with Gasteiger partial charge in [-0.25, -0.2) is 10.4 Å². The van der Waals surface area contributed by atoms with Crippen LogP contribution in [0, 0.1) is 0 Å². The number of rotatable bonds is 7. The summed E-state index contributed by atoms with van der Waals surface area (Å²) >= 11 is 2.93. The van der Waals surface area contributed by atoms with Gasteiger partial charge in [-0.1, -0.05) is 42.1 Å². The van der Waals surface area contributed by atoms with Crippen molar-refractivity contribution in [1.82, 2.24) is 10.4 Å². The summed E-state index contributed by atoms with van der Waals surface area (Å²) < 4.78 is 1.95. The third-order valence-electron chi connectivity index (χ3n) is 3.51. The van der Waals surface area contributed by atoms with Crippen LogP contribution in [0.5, 0.6) is 5.75 Å². The fourth-order valence-corrected chi connectivity index (χ4v) is 4.14. The average molecular weight is 383 g/mol. The third kappa shape index (κ3) is 4.50. The van der Waals surface area contributed by atoms with E-state index in [-0.39, 0.29) is 17.4 Å². The summed E-state index contributed by atoms with van der Waals surface area (Å²) in [6.07, 6.45) is 3.72. The summed E-state index contributed by atoms with van der Waals surface area (Å²) in [7, 11) is 0. The number of hydrogen-bond acceptors (Lipinski definition) is 6. The van der Waals surface area contributed by atoms with Crippen molar-refractivity contribution in [1.29, 1.82) is 0 Å². The summed E-state index contributed by atoms with van der Waals surface area (Å²) in [6, 6.07) is 13.2. The molecule has 132 valence electrons. The average Bonchev–Trinajstić information content (AvgIpc) is 3.06. The van der Waals surface area contributed by atoms with E-state index in [0.717, 1.165) is 20.1 Å². The van der Waals surface area contributed by atoms with Gasteiger partial charge >= 0.3 is 0 Å². The summed E-state index contributed by atoms with van der Waals surface area (Å²) in [6.45, 7) is 3.66. The van der Waals surface area contributed by atoms with E-state index in [1.54, 1.807) is 23.5 Å². The van der Waals surface area contributed by atoms with Gasteiger partial charge in [0.2, 0.25) is 0 Å². The topological polar surface area (TPSA) is 74.6 Å². The number of allylic oxidation sites excluding steroid dienone is 1. The van der Waals surface area contributed by atoms with E-state index in [2.05, 4.69) is 22.1 Å². The molecule has 26 heavy (non-hydrogen) atoms. The summed E-state index contributed by atoms with van der Waals surface area (Å²) in [5, 5.41) is 14.1. The first-order chi connectivity index (χ1) is 12.7. The minimum absolute atomic E-state index is 0.147. The van der Waals surface area contributed by atoms with Crippen LogP contribution >= 0.6 is 23.1 Å². The number of para-hydroxylation sites is 2. The lowest BCUT2D eigenvalue weighted by molar-refractivity contribution is -0.118. The first-order valence-corrected chi connectivity index (χ1v) is 9.69. The Morgan fingerprint density at radius 3 is 2.96 bits per heavy atom. The highest BCUT2D eigenvalue weighted by molar-refractivity contribution is 8.01. The Kier molecular flexibility index (Phi) is 6.04. The van der Waals surface area contributed by atoms with Gasteiger partial charge in [0, 0.05) is 5.56 Å². The number of fused-ring (bicyclic) bond motifs is 1. The molecule has 0 fully saturated rings. The molecule has 1 aromatic heterocycles. The van der Waals surface area contributed by atoms with Crippen LogP contribution in [0.25, 0.3) is 10.2 Å². The number of benzene rings is 2. The number of aromatic hydroxyl groups is 1. The maximum Gasteiger partial charge on any atom is 0.250 e. The maximum atomic E-state index is 11.9. The van der Waals surface area contributed by atoms with Crippen molar-refractivity contribution in [3.05, 3.63) is 66.2 Å². The number of thioether (sulfide) groups is 1. The van der Waals surface area contributed by atoms with E-state index in [1.165, 1.54) is 18.0 Å². The van der Waals surface area contributed by atoms with Gasteiger partial charge in [-0.3, -0.25) is 4.79 Å². The second-order valence-corrected chi connectivity index (χ2v) is 7.63. The predicted octanol–water partition coefficient (Wildman–Crippen LogP) is 3.97. The second-order valence-electron chi connectivity index (χ2n) is 5.38. The van der Waals surface area contributed by atoms with Crippen molar-refractivity contribution < 1.29 is 9.90 Å². The monoisotopic (exact) mass is 383 g/mol. The van der Waals surface area contributed by atoms with Crippen LogP contribution in [-0.2, 0) is 11.2 Å². The number of carbonyl (C=O) groups is 1. The lowest BCUT2D eigenvalue weighted by Crippen LogP contribution is -2.19.